The molecule has 0 aliphatic rings. The molecule has 0 aromatic heterocycles. The summed E-state index contributed by atoms with van der Waals surface area (Å²) in [4.78, 5) is 23.1. The van der Waals surface area contributed by atoms with Crippen LogP contribution in [0.3, 0.4) is 0 Å². The van der Waals surface area contributed by atoms with Gasteiger partial charge in [0.1, 0.15) is 0 Å². The molecule has 0 heterocycles. The Morgan fingerprint density at radius 3 is 2.44 bits per heavy atom. The van der Waals surface area contributed by atoms with E-state index in [0.29, 0.717) is 25.0 Å². The largest absolute Gasteiger partial charge is 0.481 e. The van der Waals surface area contributed by atoms with Gasteiger partial charge in [-0.1, -0.05) is 42.5 Å². The molecule has 0 fully saturated rings. The molecule has 2 aromatic rings. The van der Waals surface area contributed by atoms with E-state index in [2.05, 4.69) is 17.9 Å². The average molecular weight is 357 g/mol. The van der Waals surface area contributed by atoms with Gasteiger partial charge < -0.3 is 10.4 Å². The minimum Gasteiger partial charge on any atom is -0.481 e. The first-order valence-electron chi connectivity index (χ1n) is 8.35. The number of benzene rings is 2. The third-order valence-electron chi connectivity index (χ3n) is 3.97. The number of carboxylic acid groups (broad SMARTS) is 1. The number of amides is 1. The highest BCUT2D eigenvalue weighted by Gasteiger charge is 2.17. The van der Waals surface area contributed by atoms with E-state index in [-0.39, 0.29) is 18.2 Å². The average Bonchev–Trinajstić information content (AvgIpc) is 2.60. The van der Waals surface area contributed by atoms with E-state index in [4.69, 9.17) is 5.11 Å². The predicted molar refractivity (Wildman–Crippen MR) is 103 cm³/mol. The Labute approximate surface area is 153 Å². The second kappa shape index (κ2) is 9.89. The second-order valence-electron chi connectivity index (χ2n) is 6.01. The molecule has 0 saturated heterocycles. The lowest BCUT2D eigenvalue weighted by Crippen LogP contribution is -2.26. The molecule has 2 N–H and O–H groups in total. The van der Waals surface area contributed by atoms with Crippen LogP contribution in [0.4, 0.5) is 5.69 Å². The molecule has 25 heavy (non-hydrogen) atoms. The molecule has 4 nitrogen and oxygen atoms in total. The maximum absolute atomic E-state index is 12.5. The smallest absolute Gasteiger partial charge is 0.303 e. The van der Waals surface area contributed by atoms with Crippen molar-refractivity contribution in [2.45, 2.75) is 25.7 Å². The normalized spacial score (nSPS) is 11.7. The van der Waals surface area contributed by atoms with Crippen LogP contribution in [0, 0.1) is 5.92 Å². The van der Waals surface area contributed by atoms with Gasteiger partial charge in [-0.2, -0.15) is 12.6 Å². The Morgan fingerprint density at radius 1 is 1.04 bits per heavy atom. The minimum absolute atomic E-state index is 0.0541. The van der Waals surface area contributed by atoms with Gasteiger partial charge >= 0.3 is 5.97 Å². The fraction of sp³-hybridized carbons (Fsp3) is 0.300. The predicted octanol–water partition coefficient (Wildman–Crippen LogP) is 3.82. The molecular weight excluding hydrogens is 334 g/mol. The summed E-state index contributed by atoms with van der Waals surface area (Å²) in [5.74, 6) is -0.580. The van der Waals surface area contributed by atoms with E-state index in [9.17, 15) is 9.59 Å². The first kappa shape index (κ1) is 19.1. The second-order valence-corrected chi connectivity index (χ2v) is 6.37. The molecule has 1 atom stereocenters. The standard InChI is InChI=1S/C20H23NO3S/c22-19(23)11-5-9-16-8-4-10-18(13-16)21-20(24)17(14-25)12-15-6-2-1-3-7-15/h1-4,6-8,10,13,17,25H,5,9,11-12,14H2,(H,21,24)(H,22,23)/t17-/m1/s1. The summed E-state index contributed by atoms with van der Waals surface area (Å²) < 4.78 is 0. The number of hydrogen-bond donors (Lipinski definition) is 3. The number of carbonyl (C=O) groups is 2. The van der Waals surface area contributed by atoms with Gasteiger partial charge in [0.2, 0.25) is 5.91 Å². The first-order valence-corrected chi connectivity index (χ1v) is 8.98. The number of aliphatic carboxylic acids is 1. The van der Waals surface area contributed by atoms with Gasteiger partial charge in [-0.3, -0.25) is 9.59 Å². The lowest BCUT2D eigenvalue weighted by atomic mass is 10.00. The van der Waals surface area contributed by atoms with Crippen LogP contribution < -0.4 is 5.32 Å². The number of hydrogen-bond acceptors (Lipinski definition) is 3. The molecule has 2 aromatic carbocycles. The van der Waals surface area contributed by atoms with Crippen LogP contribution >= 0.6 is 12.6 Å². The van der Waals surface area contributed by atoms with Crippen molar-refractivity contribution in [3.05, 3.63) is 65.7 Å². The summed E-state index contributed by atoms with van der Waals surface area (Å²) in [6.07, 6.45) is 2.06. The number of anilines is 1. The Bertz CT molecular complexity index is 703. The molecule has 0 saturated carbocycles. The molecule has 0 aliphatic carbocycles. The van der Waals surface area contributed by atoms with Gasteiger partial charge in [0.05, 0.1) is 5.92 Å². The van der Waals surface area contributed by atoms with Crippen molar-refractivity contribution in [3.63, 3.8) is 0 Å². The van der Waals surface area contributed by atoms with Gasteiger partial charge in [0, 0.05) is 17.9 Å². The molecule has 0 aliphatic heterocycles. The van der Waals surface area contributed by atoms with Crippen molar-refractivity contribution in [1.82, 2.24) is 0 Å². The maximum Gasteiger partial charge on any atom is 0.303 e. The zero-order chi connectivity index (χ0) is 18.1. The maximum atomic E-state index is 12.5. The number of carboxylic acids is 1. The van der Waals surface area contributed by atoms with E-state index in [1.807, 2.05) is 54.6 Å². The summed E-state index contributed by atoms with van der Waals surface area (Å²) in [5.41, 5.74) is 2.86. The van der Waals surface area contributed by atoms with E-state index < -0.39 is 5.97 Å². The number of thiol groups is 1. The van der Waals surface area contributed by atoms with Crippen molar-refractivity contribution in [2.75, 3.05) is 11.1 Å². The van der Waals surface area contributed by atoms with E-state index in [1.165, 1.54) is 0 Å². The van der Waals surface area contributed by atoms with E-state index in [0.717, 1.165) is 16.8 Å². The van der Waals surface area contributed by atoms with Crippen LogP contribution in [0.15, 0.2) is 54.6 Å². The van der Waals surface area contributed by atoms with Crippen LogP contribution in [-0.2, 0) is 22.4 Å². The highest BCUT2D eigenvalue weighted by Crippen LogP contribution is 2.17. The molecule has 0 unspecified atom stereocenters. The fourth-order valence-corrected chi connectivity index (χ4v) is 2.93. The topological polar surface area (TPSA) is 66.4 Å². The lowest BCUT2D eigenvalue weighted by Gasteiger charge is -2.15. The number of aryl methyl sites for hydroxylation is 1. The molecule has 1 amide bonds. The summed E-state index contributed by atoms with van der Waals surface area (Å²) >= 11 is 4.32. The molecule has 0 bridgehead atoms. The number of carbonyl (C=O) groups excluding carboxylic acids is 1. The summed E-state index contributed by atoms with van der Waals surface area (Å²) in [5, 5.41) is 11.7. The number of nitrogens with one attached hydrogen (secondary N) is 1. The lowest BCUT2D eigenvalue weighted by molar-refractivity contribution is -0.137. The van der Waals surface area contributed by atoms with Crippen LogP contribution in [0.5, 0.6) is 0 Å². The molecule has 5 heteroatoms. The summed E-state index contributed by atoms with van der Waals surface area (Å²) in [7, 11) is 0. The van der Waals surface area contributed by atoms with Gasteiger partial charge in [-0.15, -0.1) is 0 Å². The molecule has 2 rings (SSSR count). The molecular formula is C20H23NO3S. The first-order chi connectivity index (χ1) is 12.1. The summed E-state index contributed by atoms with van der Waals surface area (Å²) in [6, 6.07) is 17.5. The zero-order valence-corrected chi connectivity index (χ0v) is 14.9. The Morgan fingerprint density at radius 2 is 1.76 bits per heavy atom. The fourth-order valence-electron chi connectivity index (χ4n) is 2.63. The SMILES string of the molecule is O=C(O)CCCc1cccc(NC(=O)[C@@H](CS)Cc2ccccc2)c1. The Hall–Kier alpha value is -2.27. The van der Waals surface area contributed by atoms with Crippen LogP contribution in [-0.4, -0.2) is 22.7 Å². The van der Waals surface area contributed by atoms with E-state index in [1.54, 1.807) is 0 Å². The van der Waals surface area contributed by atoms with Crippen molar-refractivity contribution in [1.29, 1.82) is 0 Å². The highest BCUT2D eigenvalue weighted by molar-refractivity contribution is 7.80. The van der Waals surface area contributed by atoms with Crippen molar-refractivity contribution >= 4 is 30.2 Å². The Kier molecular flexibility index (Phi) is 7.54. The van der Waals surface area contributed by atoms with Crippen molar-refractivity contribution in [3.8, 4) is 0 Å². The quantitative estimate of drug-likeness (QED) is 0.598. The van der Waals surface area contributed by atoms with Crippen LogP contribution in [0.2, 0.25) is 0 Å². The van der Waals surface area contributed by atoms with Crippen molar-refractivity contribution < 1.29 is 14.7 Å². The van der Waals surface area contributed by atoms with Crippen LogP contribution in [0.1, 0.15) is 24.0 Å². The third kappa shape index (κ3) is 6.63. The van der Waals surface area contributed by atoms with E-state index >= 15 is 0 Å². The summed E-state index contributed by atoms with van der Waals surface area (Å²) in [6.45, 7) is 0. The van der Waals surface area contributed by atoms with Gasteiger partial charge in [0.15, 0.2) is 0 Å². The molecule has 0 radical (unpaired) electrons. The monoisotopic (exact) mass is 357 g/mol. The van der Waals surface area contributed by atoms with Gasteiger partial charge in [-0.25, -0.2) is 0 Å². The Balaban J connectivity index is 1.95. The third-order valence-corrected chi connectivity index (χ3v) is 4.41. The molecule has 132 valence electrons. The zero-order valence-electron chi connectivity index (χ0n) is 14.0. The van der Waals surface area contributed by atoms with Gasteiger partial charge in [0.25, 0.3) is 0 Å². The molecule has 0 spiro atoms. The number of rotatable bonds is 9. The van der Waals surface area contributed by atoms with Crippen LogP contribution in [0.25, 0.3) is 0 Å². The minimum atomic E-state index is -0.790. The van der Waals surface area contributed by atoms with Gasteiger partial charge in [-0.05, 0) is 42.5 Å². The highest BCUT2D eigenvalue weighted by atomic mass is 32.1. The van der Waals surface area contributed by atoms with Crippen molar-refractivity contribution in [2.24, 2.45) is 5.92 Å².